The molecule has 30 heavy (non-hydrogen) atoms. The number of benzene rings is 1. The Hall–Kier alpha value is -1.80. The van der Waals surface area contributed by atoms with E-state index < -0.39 is 5.97 Å². The second-order valence-electron chi connectivity index (χ2n) is 9.15. The van der Waals surface area contributed by atoms with Crippen LogP contribution in [0.1, 0.15) is 42.2 Å². The third-order valence-corrected chi connectivity index (χ3v) is 7.76. The molecule has 1 aromatic carbocycles. The summed E-state index contributed by atoms with van der Waals surface area (Å²) in [5, 5.41) is 16.5. The van der Waals surface area contributed by atoms with E-state index >= 15 is 0 Å². The molecule has 7 heteroatoms. The molecule has 3 fully saturated rings. The highest BCUT2D eigenvalue weighted by Crippen LogP contribution is 2.42. The molecular weight excluding hydrogens is 396 g/mol. The van der Waals surface area contributed by atoms with Gasteiger partial charge in [0.25, 0.3) is 0 Å². The maximum absolute atomic E-state index is 11.6. The van der Waals surface area contributed by atoms with Gasteiger partial charge in [-0.25, -0.2) is 4.98 Å². The van der Waals surface area contributed by atoms with Crippen LogP contribution < -0.4 is 5.32 Å². The molecule has 1 aromatic heterocycles. The smallest absolute Gasteiger partial charge is 0.305 e. The monoisotopic (exact) mass is 426 g/mol. The van der Waals surface area contributed by atoms with Gasteiger partial charge in [-0.05, 0) is 24.8 Å². The number of rotatable bonds is 8. The van der Waals surface area contributed by atoms with E-state index in [4.69, 9.17) is 0 Å². The standard InChI is InChI=1S/C23H30N4O2S/c28-22(29)13-23(15-26(16-23)14-21-24-8-11-30-21)27-9-6-18(7-10-27)25-20-12-19(20)17-4-2-1-3-5-17/h1-5,8,11,18-20,25H,6-7,9-10,12-16H2,(H,28,29)/t19-,20+/m0/s1. The number of carboxylic acids is 1. The van der Waals surface area contributed by atoms with Crippen molar-refractivity contribution in [2.75, 3.05) is 26.2 Å². The largest absolute Gasteiger partial charge is 0.481 e. The molecule has 3 heterocycles. The summed E-state index contributed by atoms with van der Waals surface area (Å²) in [5.74, 6) is -0.0264. The van der Waals surface area contributed by atoms with Crippen molar-refractivity contribution >= 4 is 17.3 Å². The van der Waals surface area contributed by atoms with Crippen molar-refractivity contribution in [1.82, 2.24) is 20.1 Å². The topological polar surface area (TPSA) is 68.7 Å². The summed E-state index contributed by atoms with van der Waals surface area (Å²) in [6.45, 7) is 4.46. The molecule has 2 N–H and O–H groups in total. The van der Waals surface area contributed by atoms with Crippen molar-refractivity contribution < 1.29 is 9.90 Å². The molecule has 3 aliphatic rings. The Bertz CT molecular complexity index is 845. The molecule has 0 amide bonds. The minimum Gasteiger partial charge on any atom is -0.481 e. The molecule has 1 saturated carbocycles. The summed E-state index contributed by atoms with van der Waals surface area (Å²) in [5.41, 5.74) is 1.24. The van der Waals surface area contributed by atoms with Crippen LogP contribution in [0.4, 0.5) is 0 Å². The molecule has 160 valence electrons. The van der Waals surface area contributed by atoms with Gasteiger partial charge >= 0.3 is 5.97 Å². The molecular formula is C23H30N4O2S. The van der Waals surface area contributed by atoms with Crippen molar-refractivity contribution in [1.29, 1.82) is 0 Å². The van der Waals surface area contributed by atoms with Crippen LogP contribution in [-0.2, 0) is 11.3 Å². The van der Waals surface area contributed by atoms with Crippen LogP contribution in [0.5, 0.6) is 0 Å². The minimum atomic E-state index is -0.687. The van der Waals surface area contributed by atoms with Gasteiger partial charge < -0.3 is 10.4 Å². The number of nitrogens with one attached hydrogen (secondary N) is 1. The van der Waals surface area contributed by atoms with Gasteiger partial charge in [-0.15, -0.1) is 11.3 Å². The van der Waals surface area contributed by atoms with E-state index in [1.807, 2.05) is 11.6 Å². The Morgan fingerprint density at radius 1 is 1.23 bits per heavy atom. The summed E-state index contributed by atoms with van der Waals surface area (Å²) < 4.78 is 0. The highest BCUT2D eigenvalue weighted by atomic mass is 32.1. The zero-order valence-electron chi connectivity index (χ0n) is 17.2. The molecule has 5 rings (SSSR count). The Balaban J connectivity index is 1.12. The maximum atomic E-state index is 11.6. The molecule has 2 atom stereocenters. The summed E-state index contributed by atoms with van der Waals surface area (Å²) in [6, 6.07) is 12.0. The van der Waals surface area contributed by atoms with Gasteiger partial charge in [0, 0.05) is 55.8 Å². The van der Waals surface area contributed by atoms with Gasteiger partial charge in [0.05, 0.1) is 18.5 Å². The fraction of sp³-hybridized carbons (Fsp3) is 0.565. The van der Waals surface area contributed by atoms with Crippen LogP contribution in [0, 0.1) is 0 Å². The zero-order valence-corrected chi connectivity index (χ0v) is 18.1. The van der Waals surface area contributed by atoms with Crippen LogP contribution in [0.2, 0.25) is 0 Å². The lowest BCUT2D eigenvalue weighted by Crippen LogP contribution is -2.71. The van der Waals surface area contributed by atoms with E-state index in [0.717, 1.165) is 50.6 Å². The van der Waals surface area contributed by atoms with Gasteiger partial charge in [0.15, 0.2) is 0 Å². The number of piperidine rings is 1. The predicted octanol–water partition coefficient (Wildman–Crippen LogP) is 2.78. The molecule has 0 bridgehead atoms. The summed E-state index contributed by atoms with van der Waals surface area (Å²) >= 11 is 1.67. The number of likely N-dealkylation sites (tertiary alicyclic amines) is 2. The van der Waals surface area contributed by atoms with Crippen LogP contribution in [0.25, 0.3) is 0 Å². The number of thiazole rings is 1. The van der Waals surface area contributed by atoms with Gasteiger partial charge in [-0.1, -0.05) is 30.3 Å². The van der Waals surface area contributed by atoms with Crippen molar-refractivity contribution in [3.8, 4) is 0 Å². The lowest BCUT2D eigenvalue weighted by atomic mass is 9.82. The maximum Gasteiger partial charge on any atom is 0.305 e. The van der Waals surface area contributed by atoms with Crippen molar-refractivity contribution in [2.24, 2.45) is 0 Å². The number of aromatic nitrogens is 1. The predicted molar refractivity (Wildman–Crippen MR) is 118 cm³/mol. The minimum absolute atomic E-state index is 0.208. The van der Waals surface area contributed by atoms with E-state index in [2.05, 4.69) is 50.4 Å². The Kier molecular flexibility index (Phi) is 5.62. The third kappa shape index (κ3) is 4.30. The first kappa shape index (κ1) is 20.1. The normalized spacial score (nSPS) is 26.9. The van der Waals surface area contributed by atoms with Crippen molar-refractivity contribution in [3.63, 3.8) is 0 Å². The first-order valence-corrected chi connectivity index (χ1v) is 11.9. The van der Waals surface area contributed by atoms with E-state index in [1.54, 1.807) is 11.3 Å². The summed E-state index contributed by atoms with van der Waals surface area (Å²) in [4.78, 5) is 20.8. The third-order valence-electron chi connectivity index (χ3n) is 6.99. The first-order chi connectivity index (χ1) is 14.6. The van der Waals surface area contributed by atoms with Crippen molar-refractivity contribution in [2.45, 2.75) is 55.8 Å². The Morgan fingerprint density at radius 2 is 2.00 bits per heavy atom. The van der Waals surface area contributed by atoms with E-state index in [9.17, 15) is 9.90 Å². The average molecular weight is 427 g/mol. The Labute approximate surface area is 181 Å². The molecule has 2 aliphatic heterocycles. The van der Waals surface area contributed by atoms with E-state index in [-0.39, 0.29) is 12.0 Å². The molecule has 0 radical (unpaired) electrons. The molecule has 2 aromatic rings. The molecule has 2 saturated heterocycles. The van der Waals surface area contributed by atoms with Crippen LogP contribution in [0.15, 0.2) is 41.9 Å². The van der Waals surface area contributed by atoms with Crippen LogP contribution >= 0.6 is 11.3 Å². The van der Waals surface area contributed by atoms with Crippen LogP contribution in [-0.4, -0.2) is 69.7 Å². The highest BCUT2D eigenvalue weighted by molar-refractivity contribution is 7.09. The fourth-order valence-corrected chi connectivity index (χ4v) is 6.05. The lowest BCUT2D eigenvalue weighted by molar-refractivity contribution is -0.147. The van der Waals surface area contributed by atoms with Gasteiger partial charge in [0.1, 0.15) is 5.01 Å². The quantitative estimate of drug-likeness (QED) is 0.677. The van der Waals surface area contributed by atoms with Gasteiger partial charge in [-0.2, -0.15) is 0 Å². The molecule has 6 nitrogen and oxygen atoms in total. The SMILES string of the molecule is O=C(O)CC1(N2CCC(N[C@@H]3C[C@H]3c3ccccc3)CC2)CN(Cc2nccs2)C1. The number of hydrogen-bond acceptors (Lipinski definition) is 6. The molecule has 0 unspecified atom stereocenters. The lowest BCUT2D eigenvalue weighted by Gasteiger charge is -2.57. The first-order valence-electron chi connectivity index (χ1n) is 11.0. The molecule has 0 spiro atoms. The average Bonchev–Trinajstić information content (AvgIpc) is 3.29. The Morgan fingerprint density at radius 3 is 2.67 bits per heavy atom. The van der Waals surface area contributed by atoms with Crippen LogP contribution in [0.3, 0.4) is 0 Å². The molecule has 1 aliphatic carbocycles. The van der Waals surface area contributed by atoms with E-state index in [0.29, 0.717) is 18.0 Å². The number of carbonyl (C=O) groups is 1. The summed E-state index contributed by atoms with van der Waals surface area (Å²) in [7, 11) is 0. The zero-order chi connectivity index (χ0) is 20.6. The number of nitrogens with zero attached hydrogens (tertiary/aromatic N) is 3. The number of hydrogen-bond donors (Lipinski definition) is 2. The van der Waals surface area contributed by atoms with Crippen molar-refractivity contribution in [3.05, 3.63) is 52.5 Å². The van der Waals surface area contributed by atoms with Gasteiger partial charge in [-0.3, -0.25) is 14.6 Å². The second-order valence-corrected chi connectivity index (χ2v) is 10.1. The summed E-state index contributed by atoms with van der Waals surface area (Å²) in [6.07, 6.45) is 5.51. The van der Waals surface area contributed by atoms with E-state index in [1.165, 1.54) is 12.0 Å². The second kappa shape index (κ2) is 8.38. The highest BCUT2D eigenvalue weighted by Gasteiger charge is 2.50. The fourth-order valence-electron chi connectivity index (χ4n) is 5.40. The number of aliphatic carboxylic acids is 1. The van der Waals surface area contributed by atoms with Gasteiger partial charge in [0.2, 0.25) is 0 Å². The number of carboxylic acid groups (broad SMARTS) is 1.